The van der Waals surface area contributed by atoms with E-state index in [2.05, 4.69) is 75.0 Å². The van der Waals surface area contributed by atoms with E-state index in [9.17, 15) is 0 Å². The number of anilines is 1. The van der Waals surface area contributed by atoms with Crippen molar-refractivity contribution in [1.82, 2.24) is 15.5 Å². The Morgan fingerprint density at radius 1 is 0.833 bits per heavy atom. The van der Waals surface area contributed by atoms with Crippen LogP contribution in [0.2, 0.25) is 0 Å². The number of nitrogens with zero attached hydrogens (tertiary/aromatic N) is 3. The average Bonchev–Trinajstić information content (AvgIpc) is 2.70. The van der Waals surface area contributed by atoms with Gasteiger partial charge in [-0.05, 0) is 17.7 Å². The van der Waals surface area contributed by atoms with E-state index >= 15 is 0 Å². The van der Waals surface area contributed by atoms with Crippen LogP contribution < -0.4 is 10.2 Å². The number of rotatable bonds is 3. The SMILES string of the molecule is c1ccc(-c2ccc(N3CCNC(c4ccccc4)C3)nn2)cc1. The molecule has 0 aliphatic carbocycles. The summed E-state index contributed by atoms with van der Waals surface area (Å²) in [4.78, 5) is 2.30. The molecule has 1 aliphatic heterocycles. The molecule has 0 bridgehead atoms. The van der Waals surface area contributed by atoms with E-state index in [0.29, 0.717) is 6.04 Å². The summed E-state index contributed by atoms with van der Waals surface area (Å²) >= 11 is 0. The van der Waals surface area contributed by atoms with E-state index in [1.54, 1.807) is 0 Å². The summed E-state index contributed by atoms with van der Waals surface area (Å²) in [7, 11) is 0. The molecule has 1 unspecified atom stereocenters. The Morgan fingerprint density at radius 2 is 1.58 bits per heavy atom. The van der Waals surface area contributed by atoms with Gasteiger partial charge in [0.1, 0.15) is 0 Å². The van der Waals surface area contributed by atoms with Crippen molar-refractivity contribution in [3.05, 3.63) is 78.4 Å². The minimum absolute atomic E-state index is 0.329. The fourth-order valence-corrected chi connectivity index (χ4v) is 3.12. The maximum Gasteiger partial charge on any atom is 0.151 e. The molecule has 3 aromatic rings. The van der Waals surface area contributed by atoms with Gasteiger partial charge in [-0.25, -0.2) is 0 Å². The van der Waals surface area contributed by atoms with Crippen LogP contribution in [0.15, 0.2) is 72.8 Å². The van der Waals surface area contributed by atoms with Crippen LogP contribution in [-0.2, 0) is 0 Å². The smallest absolute Gasteiger partial charge is 0.151 e. The largest absolute Gasteiger partial charge is 0.352 e. The minimum atomic E-state index is 0.329. The summed E-state index contributed by atoms with van der Waals surface area (Å²) < 4.78 is 0. The van der Waals surface area contributed by atoms with Gasteiger partial charge in [0.25, 0.3) is 0 Å². The third-order valence-electron chi connectivity index (χ3n) is 4.42. The van der Waals surface area contributed by atoms with Crippen molar-refractivity contribution in [2.24, 2.45) is 0 Å². The Hall–Kier alpha value is -2.72. The zero-order valence-electron chi connectivity index (χ0n) is 13.5. The van der Waals surface area contributed by atoms with Gasteiger partial charge in [0, 0.05) is 31.2 Å². The van der Waals surface area contributed by atoms with Crippen LogP contribution in [0, 0.1) is 0 Å². The molecular weight excluding hydrogens is 296 g/mol. The van der Waals surface area contributed by atoms with Crippen molar-refractivity contribution in [2.75, 3.05) is 24.5 Å². The number of nitrogens with one attached hydrogen (secondary N) is 1. The highest BCUT2D eigenvalue weighted by Crippen LogP contribution is 2.22. The van der Waals surface area contributed by atoms with E-state index in [-0.39, 0.29) is 0 Å². The van der Waals surface area contributed by atoms with E-state index in [4.69, 9.17) is 0 Å². The summed E-state index contributed by atoms with van der Waals surface area (Å²) in [6, 6.07) is 25.2. The van der Waals surface area contributed by atoms with Gasteiger partial charge in [-0.1, -0.05) is 60.7 Å². The normalized spacial score (nSPS) is 17.7. The Bertz CT molecular complexity index is 772. The first-order valence-electron chi connectivity index (χ1n) is 8.32. The summed E-state index contributed by atoms with van der Waals surface area (Å²) in [5.74, 6) is 0.942. The molecule has 4 rings (SSSR count). The van der Waals surface area contributed by atoms with Crippen molar-refractivity contribution >= 4 is 5.82 Å². The summed E-state index contributed by atoms with van der Waals surface area (Å²) in [5, 5.41) is 12.4. The predicted molar refractivity (Wildman–Crippen MR) is 96.9 cm³/mol. The summed E-state index contributed by atoms with van der Waals surface area (Å²) in [5.41, 5.74) is 3.32. The minimum Gasteiger partial charge on any atom is -0.352 e. The molecule has 1 N–H and O–H groups in total. The molecule has 120 valence electrons. The highest BCUT2D eigenvalue weighted by Gasteiger charge is 2.21. The molecule has 1 atom stereocenters. The van der Waals surface area contributed by atoms with Gasteiger partial charge in [0.05, 0.1) is 5.69 Å². The van der Waals surface area contributed by atoms with E-state index in [1.807, 2.05) is 18.2 Å². The van der Waals surface area contributed by atoms with Gasteiger partial charge in [0.2, 0.25) is 0 Å². The lowest BCUT2D eigenvalue weighted by Gasteiger charge is -2.34. The van der Waals surface area contributed by atoms with Gasteiger partial charge in [-0.15, -0.1) is 10.2 Å². The first-order chi connectivity index (χ1) is 11.9. The van der Waals surface area contributed by atoms with Crippen LogP contribution in [-0.4, -0.2) is 29.8 Å². The molecule has 2 heterocycles. The van der Waals surface area contributed by atoms with E-state index in [0.717, 1.165) is 36.7 Å². The Morgan fingerprint density at radius 3 is 2.29 bits per heavy atom. The fourth-order valence-electron chi connectivity index (χ4n) is 3.12. The molecule has 0 spiro atoms. The molecule has 0 amide bonds. The van der Waals surface area contributed by atoms with Crippen molar-refractivity contribution in [3.8, 4) is 11.3 Å². The molecule has 4 nitrogen and oxygen atoms in total. The number of piperazine rings is 1. The van der Waals surface area contributed by atoms with Gasteiger partial charge in [-0.3, -0.25) is 0 Å². The molecule has 0 saturated carbocycles. The topological polar surface area (TPSA) is 41.0 Å². The lowest BCUT2D eigenvalue weighted by molar-refractivity contribution is 0.468. The molecule has 4 heteroatoms. The molecule has 24 heavy (non-hydrogen) atoms. The molecular formula is C20H20N4. The average molecular weight is 316 g/mol. The highest BCUT2D eigenvalue weighted by atomic mass is 15.3. The lowest BCUT2D eigenvalue weighted by Crippen LogP contribution is -2.46. The van der Waals surface area contributed by atoms with Crippen molar-refractivity contribution in [1.29, 1.82) is 0 Å². The summed E-state index contributed by atoms with van der Waals surface area (Å²) in [6.07, 6.45) is 0. The van der Waals surface area contributed by atoms with Crippen LogP contribution in [0.5, 0.6) is 0 Å². The van der Waals surface area contributed by atoms with Gasteiger partial charge >= 0.3 is 0 Å². The third kappa shape index (κ3) is 3.14. The van der Waals surface area contributed by atoms with Gasteiger partial charge < -0.3 is 10.2 Å². The van der Waals surface area contributed by atoms with E-state index in [1.165, 1.54) is 5.56 Å². The maximum absolute atomic E-state index is 4.46. The monoisotopic (exact) mass is 316 g/mol. The van der Waals surface area contributed by atoms with Crippen LogP contribution in [0.4, 0.5) is 5.82 Å². The second-order valence-electron chi connectivity index (χ2n) is 6.01. The van der Waals surface area contributed by atoms with Crippen LogP contribution in [0.1, 0.15) is 11.6 Å². The number of hydrogen-bond donors (Lipinski definition) is 1. The predicted octanol–water partition coefficient (Wildman–Crippen LogP) is 3.29. The Labute approximate surface area is 142 Å². The second-order valence-corrected chi connectivity index (χ2v) is 6.01. The first kappa shape index (κ1) is 14.8. The quantitative estimate of drug-likeness (QED) is 0.805. The zero-order valence-corrected chi connectivity index (χ0v) is 13.5. The molecule has 1 aliphatic rings. The van der Waals surface area contributed by atoms with Crippen molar-refractivity contribution < 1.29 is 0 Å². The Balaban J connectivity index is 1.51. The number of aromatic nitrogens is 2. The van der Waals surface area contributed by atoms with Crippen LogP contribution >= 0.6 is 0 Å². The van der Waals surface area contributed by atoms with Crippen LogP contribution in [0.25, 0.3) is 11.3 Å². The second kappa shape index (κ2) is 6.81. The molecule has 1 saturated heterocycles. The third-order valence-corrected chi connectivity index (χ3v) is 4.42. The van der Waals surface area contributed by atoms with Crippen molar-refractivity contribution in [3.63, 3.8) is 0 Å². The molecule has 1 fully saturated rings. The first-order valence-corrected chi connectivity index (χ1v) is 8.32. The Kier molecular flexibility index (Phi) is 4.21. The standard InChI is InChI=1S/C20H20N4/c1-3-7-16(8-4-1)18-11-12-20(23-22-18)24-14-13-21-19(15-24)17-9-5-2-6-10-17/h1-12,19,21H,13-15H2. The van der Waals surface area contributed by atoms with Gasteiger partial charge in [-0.2, -0.15) is 0 Å². The number of hydrogen-bond acceptors (Lipinski definition) is 4. The highest BCUT2D eigenvalue weighted by molar-refractivity contribution is 5.59. The molecule has 1 aromatic heterocycles. The fraction of sp³-hybridized carbons (Fsp3) is 0.200. The molecule has 2 aromatic carbocycles. The van der Waals surface area contributed by atoms with Crippen molar-refractivity contribution in [2.45, 2.75) is 6.04 Å². The van der Waals surface area contributed by atoms with Gasteiger partial charge in [0.15, 0.2) is 5.82 Å². The molecule has 0 radical (unpaired) electrons. The lowest BCUT2D eigenvalue weighted by atomic mass is 10.0. The van der Waals surface area contributed by atoms with E-state index < -0.39 is 0 Å². The maximum atomic E-state index is 4.46. The van der Waals surface area contributed by atoms with Crippen LogP contribution in [0.3, 0.4) is 0 Å². The summed E-state index contributed by atoms with van der Waals surface area (Å²) in [6.45, 7) is 2.80. The number of benzene rings is 2. The zero-order chi connectivity index (χ0) is 16.2.